The summed E-state index contributed by atoms with van der Waals surface area (Å²) >= 11 is 1.62. The third-order valence-corrected chi connectivity index (χ3v) is 4.75. The third kappa shape index (κ3) is 3.33. The van der Waals surface area contributed by atoms with Gasteiger partial charge in [-0.25, -0.2) is 0 Å². The molecule has 2 aromatic rings. The number of carbonyl (C=O) groups is 1. The van der Waals surface area contributed by atoms with Crippen molar-refractivity contribution in [2.24, 2.45) is 0 Å². The van der Waals surface area contributed by atoms with E-state index in [0.717, 1.165) is 22.6 Å². The summed E-state index contributed by atoms with van der Waals surface area (Å²) in [4.78, 5) is 13.4. The summed E-state index contributed by atoms with van der Waals surface area (Å²) in [6.45, 7) is 6.18. The van der Waals surface area contributed by atoms with Gasteiger partial charge in [0.2, 0.25) is 5.91 Å². The van der Waals surface area contributed by atoms with Crippen molar-refractivity contribution in [1.29, 1.82) is 0 Å². The summed E-state index contributed by atoms with van der Waals surface area (Å²) in [6, 6.07) is 10.2. The van der Waals surface area contributed by atoms with E-state index in [1.807, 2.05) is 17.5 Å². The summed E-state index contributed by atoms with van der Waals surface area (Å²) in [6.07, 6.45) is 1.22. The predicted octanol–water partition coefficient (Wildman–Crippen LogP) is 4.02. The van der Waals surface area contributed by atoms with Gasteiger partial charge in [-0.15, -0.1) is 11.3 Å². The minimum absolute atomic E-state index is 0.00631. The van der Waals surface area contributed by atoms with Crippen LogP contribution in [0.25, 0.3) is 0 Å². The van der Waals surface area contributed by atoms with Gasteiger partial charge >= 0.3 is 0 Å². The number of fused-ring (bicyclic) bond motifs is 1. The van der Waals surface area contributed by atoms with E-state index in [4.69, 9.17) is 4.74 Å². The first-order chi connectivity index (χ1) is 10.4. The van der Waals surface area contributed by atoms with Crippen LogP contribution in [0.5, 0.6) is 5.75 Å². The fraction of sp³-hybridized carbons (Fsp3) is 0.389. The van der Waals surface area contributed by atoms with Gasteiger partial charge in [-0.05, 0) is 43.8 Å². The smallest absolute Gasteiger partial charge is 0.225 e. The zero-order chi connectivity index (χ0) is 15.7. The van der Waals surface area contributed by atoms with E-state index in [2.05, 4.69) is 44.3 Å². The highest BCUT2D eigenvalue weighted by molar-refractivity contribution is 7.10. The topological polar surface area (TPSA) is 38.3 Å². The quantitative estimate of drug-likeness (QED) is 0.929. The number of amides is 1. The van der Waals surface area contributed by atoms with Crippen molar-refractivity contribution in [2.75, 3.05) is 0 Å². The molecule has 1 aromatic heterocycles. The van der Waals surface area contributed by atoms with Crippen LogP contribution in [0, 0.1) is 6.92 Å². The molecule has 0 radical (unpaired) electrons. The Kier molecular flexibility index (Phi) is 3.96. The molecule has 0 unspecified atom stereocenters. The number of ether oxygens (including phenoxy) is 1. The monoisotopic (exact) mass is 315 g/mol. The van der Waals surface area contributed by atoms with E-state index < -0.39 is 0 Å². The number of carbonyl (C=O) groups excluding carboxylic acids is 1. The van der Waals surface area contributed by atoms with E-state index >= 15 is 0 Å². The zero-order valence-electron chi connectivity index (χ0n) is 13.2. The predicted molar refractivity (Wildman–Crippen MR) is 89.4 cm³/mol. The normalized spacial score (nSPS) is 19.1. The molecule has 0 aliphatic carbocycles. The second-order valence-electron chi connectivity index (χ2n) is 6.48. The van der Waals surface area contributed by atoms with Crippen molar-refractivity contribution in [2.45, 2.75) is 45.3 Å². The Balaban J connectivity index is 1.79. The molecule has 3 nitrogen and oxygen atoms in total. The number of hydrogen-bond donors (Lipinski definition) is 1. The molecular weight excluding hydrogens is 294 g/mol. The molecule has 1 amide bonds. The third-order valence-electron chi connectivity index (χ3n) is 3.88. The van der Waals surface area contributed by atoms with Gasteiger partial charge in [0.1, 0.15) is 11.4 Å². The number of thiophene rings is 1. The molecule has 0 bridgehead atoms. The molecule has 116 valence electrons. The molecule has 1 aliphatic rings. The van der Waals surface area contributed by atoms with Gasteiger partial charge < -0.3 is 10.1 Å². The Morgan fingerprint density at radius 1 is 1.41 bits per heavy atom. The Labute approximate surface area is 135 Å². The van der Waals surface area contributed by atoms with Crippen molar-refractivity contribution < 1.29 is 9.53 Å². The first-order valence-corrected chi connectivity index (χ1v) is 8.42. The standard InChI is InChI=1S/C18H21NO2S/c1-12-6-7-14-15(11-18(2,3)21-16(14)9-12)19-17(20)10-13-5-4-8-22-13/h4-9,15H,10-11H2,1-3H3,(H,19,20)/t15-/m0/s1. The molecule has 1 aliphatic heterocycles. The van der Waals surface area contributed by atoms with Crippen LogP contribution in [0.15, 0.2) is 35.7 Å². The lowest BCUT2D eigenvalue weighted by molar-refractivity contribution is -0.121. The molecule has 0 saturated carbocycles. The summed E-state index contributed by atoms with van der Waals surface area (Å²) in [5.41, 5.74) is 1.96. The van der Waals surface area contributed by atoms with Crippen LogP contribution in [-0.4, -0.2) is 11.5 Å². The summed E-state index contributed by atoms with van der Waals surface area (Å²) in [7, 11) is 0. The average Bonchev–Trinajstić information content (AvgIpc) is 2.89. The first-order valence-electron chi connectivity index (χ1n) is 7.54. The fourth-order valence-corrected chi connectivity index (χ4v) is 3.61. The van der Waals surface area contributed by atoms with Gasteiger partial charge in [-0.1, -0.05) is 18.2 Å². The van der Waals surface area contributed by atoms with Crippen LogP contribution >= 0.6 is 11.3 Å². The number of aryl methyl sites for hydroxylation is 1. The van der Waals surface area contributed by atoms with Crippen molar-refractivity contribution in [1.82, 2.24) is 5.32 Å². The lowest BCUT2D eigenvalue weighted by Gasteiger charge is -2.38. The second-order valence-corrected chi connectivity index (χ2v) is 7.52. The number of nitrogens with one attached hydrogen (secondary N) is 1. The average molecular weight is 315 g/mol. The minimum Gasteiger partial charge on any atom is -0.487 e. The van der Waals surface area contributed by atoms with E-state index in [-0.39, 0.29) is 17.6 Å². The molecular formula is C18H21NO2S. The zero-order valence-corrected chi connectivity index (χ0v) is 14.0. The maximum absolute atomic E-state index is 12.3. The lowest BCUT2D eigenvalue weighted by Crippen LogP contribution is -2.41. The van der Waals surface area contributed by atoms with Gasteiger partial charge in [-0.2, -0.15) is 0 Å². The highest BCUT2D eigenvalue weighted by atomic mass is 32.1. The van der Waals surface area contributed by atoms with Crippen LogP contribution in [0.3, 0.4) is 0 Å². The number of benzene rings is 1. The van der Waals surface area contributed by atoms with Crippen LogP contribution in [-0.2, 0) is 11.2 Å². The van der Waals surface area contributed by atoms with Gasteiger partial charge in [-0.3, -0.25) is 4.79 Å². The summed E-state index contributed by atoms with van der Waals surface area (Å²) < 4.78 is 6.07. The molecule has 0 spiro atoms. The largest absolute Gasteiger partial charge is 0.487 e. The molecule has 22 heavy (non-hydrogen) atoms. The molecule has 1 atom stereocenters. The summed E-state index contributed by atoms with van der Waals surface area (Å²) in [5.74, 6) is 0.953. The fourth-order valence-electron chi connectivity index (χ4n) is 2.90. The number of rotatable bonds is 3. The van der Waals surface area contributed by atoms with E-state index in [0.29, 0.717) is 6.42 Å². The van der Waals surface area contributed by atoms with E-state index in [1.54, 1.807) is 11.3 Å². The van der Waals surface area contributed by atoms with E-state index in [1.165, 1.54) is 5.56 Å². The van der Waals surface area contributed by atoms with Gasteiger partial charge in [0.05, 0.1) is 12.5 Å². The van der Waals surface area contributed by atoms with Gasteiger partial charge in [0.15, 0.2) is 0 Å². The van der Waals surface area contributed by atoms with Gasteiger partial charge in [0.25, 0.3) is 0 Å². The van der Waals surface area contributed by atoms with Crippen molar-refractivity contribution in [3.8, 4) is 5.75 Å². The van der Waals surface area contributed by atoms with Crippen LogP contribution < -0.4 is 10.1 Å². The van der Waals surface area contributed by atoms with E-state index in [9.17, 15) is 4.79 Å². The molecule has 1 aromatic carbocycles. The highest BCUT2D eigenvalue weighted by Gasteiger charge is 2.34. The molecule has 3 rings (SSSR count). The molecule has 1 N–H and O–H groups in total. The van der Waals surface area contributed by atoms with Crippen LogP contribution in [0.2, 0.25) is 0 Å². The number of hydrogen-bond acceptors (Lipinski definition) is 3. The lowest BCUT2D eigenvalue weighted by atomic mass is 9.89. The maximum Gasteiger partial charge on any atom is 0.225 e. The van der Waals surface area contributed by atoms with Crippen molar-refractivity contribution in [3.05, 3.63) is 51.7 Å². The Hall–Kier alpha value is -1.81. The Bertz CT molecular complexity index is 676. The highest BCUT2D eigenvalue weighted by Crippen LogP contribution is 2.39. The Morgan fingerprint density at radius 3 is 2.95 bits per heavy atom. The molecule has 2 heterocycles. The van der Waals surface area contributed by atoms with Crippen LogP contribution in [0.1, 0.15) is 42.3 Å². The van der Waals surface area contributed by atoms with Crippen molar-refractivity contribution in [3.63, 3.8) is 0 Å². The Morgan fingerprint density at radius 2 is 2.23 bits per heavy atom. The van der Waals surface area contributed by atoms with Crippen LogP contribution in [0.4, 0.5) is 0 Å². The minimum atomic E-state index is -0.276. The molecule has 4 heteroatoms. The van der Waals surface area contributed by atoms with Gasteiger partial charge in [0, 0.05) is 16.9 Å². The SMILES string of the molecule is Cc1ccc2c(c1)OC(C)(C)C[C@@H]2NC(=O)Cc1cccs1. The first kappa shape index (κ1) is 15.1. The molecule has 0 saturated heterocycles. The second kappa shape index (κ2) is 5.76. The molecule has 0 fully saturated rings. The summed E-state index contributed by atoms with van der Waals surface area (Å²) in [5, 5.41) is 5.17. The van der Waals surface area contributed by atoms with Crippen molar-refractivity contribution >= 4 is 17.2 Å². The maximum atomic E-state index is 12.3.